The number of rotatable bonds is 4. The summed E-state index contributed by atoms with van der Waals surface area (Å²) in [5.74, 6) is 0.0355. The molecule has 0 saturated carbocycles. The van der Waals surface area contributed by atoms with Gasteiger partial charge in [-0.05, 0) is 23.1 Å². The zero-order valence-corrected chi connectivity index (χ0v) is 19.5. The van der Waals surface area contributed by atoms with Crippen LogP contribution in [0.1, 0.15) is 20.8 Å². The third kappa shape index (κ3) is 4.19. The molecule has 1 aliphatic rings. The van der Waals surface area contributed by atoms with E-state index in [-0.39, 0.29) is 23.2 Å². The number of aromatic nitrogens is 1. The lowest BCUT2D eigenvalue weighted by atomic mass is 10.1. The maximum absolute atomic E-state index is 13.5. The van der Waals surface area contributed by atoms with Crippen LogP contribution < -0.4 is 16.6 Å². The zero-order valence-electron chi connectivity index (χ0n) is 18.7. The molecule has 172 valence electrons. The molecule has 0 spiro atoms. The van der Waals surface area contributed by atoms with Gasteiger partial charge in [0, 0.05) is 31.6 Å². The number of carbonyl (C=O) groups is 1. The molecule has 8 heteroatoms. The molecule has 1 fully saturated rings. The summed E-state index contributed by atoms with van der Waals surface area (Å²) in [6.07, 6.45) is 0. The Hall–Kier alpha value is -3.93. The van der Waals surface area contributed by atoms with Gasteiger partial charge in [0.2, 0.25) is 0 Å². The highest BCUT2D eigenvalue weighted by Gasteiger charge is 2.27. The smallest absolute Gasteiger partial charge is 0.271 e. The molecule has 3 N–H and O–H groups in total. The monoisotopic (exact) mass is 471 g/mol. The lowest BCUT2D eigenvalue weighted by Gasteiger charge is -2.37. The molecule has 0 aliphatic carbocycles. The molecule has 0 bridgehead atoms. The number of piperazine rings is 1. The summed E-state index contributed by atoms with van der Waals surface area (Å²) in [6.45, 7) is 2.63. The molecule has 2 aromatic carbocycles. The van der Waals surface area contributed by atoms with Gasteiger partial charge in [-0.1, -0.05) is 54.6 Å². The van der Waals surface area contributed by atoms with Crippen LogP contribution in [0, 0.1) is 11.3 Å². The van der Waals surface area contributed by atoms with E-state index in [1.165, 1.54) is 11.3 Å². The SMILES string of the molecule is N.N#Cc1c(N2CCN(C(=O)c3cccs3)CC2)c2ccccc2n(Cc2ccccc2)c1=O. The molecule has 0 unspecified atom stereocenters. The molecule has 7 nitrogen and oxygen atoms in total. The van der Waals surface area contributed by atoms with Gasteiger partial charge in [-0.25, -0.2) is 0 Å². The first-order chi connectivity index (χ1) is 16.2. The van der Waals surface area contributed by atoms with Gasteiger partial charge in [0.25, 0.3) is 11.5 Å². The van der Waals surface area contributed by atoms with Crippen LogP contribution in [0.5, 0.6) is 0 Å². The number of hydrogen-bond acceptors (Lipinski definition) is 6. The van der Waals surface area contributed by atoms with Crippen LogP contribution in [0.3, 0.4) is 0 Å². The summed E-state index contributed by atoms with van der Waals surface area (Å²) >= 11 is 1.44. The summed E-state index contributed by atoms with van der Waals surface area (Å²) in [5.41, 5.74) is 2.35. The first-order valence-corrected chi connectivity index (χ1v) is 11.7. The van der Waals surface area contributed by atoms with Crippen molar-refractivity contribution in [2.45, 2.75) is 6.54 Å². The van der Waals surface area contributed by atoms with E-state index in [9.17, 15) is 14.9 Å². The second-order valence-corrected chi connectivity index (χ2v) is 8.93. The van der Waals surface area contributed by atoms with E-state index >= 15 is 0 Å². The largest absolute Gasteiger partial charge is 0.366 e. The third-order valence-corrected chi connectivity index (χ3v) is 6.91. The predicted molar refractivity (Wildman–Crippen MR) is 136 cm³/mol. The van der Waals surface area contributed by atoms with Crippen LogP contribution in [0.4, 0.5) is 5.69 Å². The summed E-state index contributed by atoms with van der Waals surface area (Å²) in [5, 5.41) is 12.8. The minimum Gasteiger partial charge on any atom is -0.366 e. The Morgan fingerprint density at radius 3 is 2.32 bits per heavy atom. The summed E-state index contributed by atoms with van der Waals surface area (Å²) in [4.78, 5) is 30.8. The lowest BCUT2D eigenvalue weighted by molar-refractivity contribution is 0.0751. The van der Waals surface area contributed by atoms with Gasteiger partial charge >= 0.3 is 0 Å². The number of fused-ring (bicyclic) bond motifs is 1. The van der Waals surface area contributed by atoms with E-state index in [0.29, 0.717) is 38.4 Å². The number of thiophene rings is 1. The molecule has 34 heavy (non-hydrogen) atoms. The Morgan fingerprint density at radius 1 is 0.941 bits per heavy atom. The average Bonchev–Trinajstić information content (AvgIpc) is 3.41. The topological polar surface area (TPSA) is 104 Å². The minimum atomic E-state index is -0.285. The normalized spacial score (nSPS) is 13.4. The summed E-state index contributed by atoms with van der Waals surface area (Å²) in [7, 11) is 0. The van der Waals surface area contributed by atoms with E-state index in [4.69, 9.17) is 0 Å². The van der Waals surface area contributed by atoms with Crippen LogP contribution in [-0.4, -0.2) is 41.6 Å². The lowest BCUT2D eigenvalue weighted by Crippen LogP contribution is -2.49. The van der Waals surface area contributed by atoms with Crippen molar-refractivity contribution in [1.82, 2.24) is 15.6 Å². The van der Waals surface area contributed by atoms with Gasteiger partial charge in [0.15, 0.2) is 0 Å². The van der Waals surface area contributed by atoms with Gasteiger partial charge in [-0.15, -0.1) is 11.3 Å². The first-order valence-electron chi connectivity index (χ1n) is 10.8. The predicted octanol–water partition coefficient (Wildman–Crippen LogP) is 4.11. The van der Waals surface area contributed by atoms with Gasteiger partial charge in [-0.2, -0.15) is 5.26 Å². The first kappa shape index (κ1) is 23.2. The standard InChI is InChI=1S/C26H22N4O2S.H3N/c27-17-21-24(28-12-14-29(15-13-28)26(32)23-11-6-16-33-23)20-9-4-5-10-22(20)30(25(21)31)18-19-7-2-1-3-8-19;/h1-11,16H,12-15,18H2;1H3. The maximum Gasteiger partial charge on any atom is 0.271 e. The van der Waals surface area contributed by atoms with Crippen LogP contribution in [0.15, 0.2) is 76.9 Å². The number of hydrogen-bond donors (Lipinski definition) is 1. The molecule has 1 aliphatic heterocycles. The molecule has 4 aromatic rings. The van der Waals surface area contributed by atoms with E-state index in [1.807, 2.05) is 77.0 Å². The van der Waals surface area contributed by atoms with Crippen molar-refractivity contribution in [1.29, 1.82) is 5.26 Å². The van der Waals surface area contributed by atoms with Crippen molar-refractivity contribution in [2.75, 3.05) is 31.1 Å². The van der Waals surface area contributed by atoms with Crippen molar-refractivity contribution < 1.29 is 4.79 Å². The number of pyridine rings is 1. The van der Waals surface area contributed by atoms with Crippen molar-refractivity contribution in [3.05, 3.63) is 98.5 Å². The van der Waals surface area contributed by atoms with Gasteiger partial charge in [-0.3, -0.25) is 9.59 Å². The van der Waals surface area contributed by atoms with Crippen molar-refractivity contribution in [2.24, 2.45) is 0 Å². The van der Waals surface area contributed by atoms with Crippen LogP contribution in [-0.2, 0) is 6.54 Å². The Balaban J connectivity index is 0.00000274. The number of amides is 1. The quantitative estimate of drug-likeness (QED) is 0.482. The Labute approximate surface area is 201 Å². The molecule has 2 aromatic heterocycles. The highest BCUT2D eigenvalue weighted by Crippen LogP contribution is 2.30. The summed E-state index contributed by atoms with van der Waals surface area (Å²) in [6, 6.07) is 23.4. The van der Waals surface area contributed by atoms with Crippen molar-refractivity contribution in [3.8, 4) is 6.07 Å². The number of nitriles is 1. The highest BCUT2D eigenvalue weighted by atomic mass is 32.1. The number of para-hydroxylation sites is 1. The third-order valence-electron chi connectivity index (χ3n) is 6.06. The molecule has 1 amide bonds. The van der Waals surface area contributed by atoms with E-state index in [1.54, 1.807) is 4.57 Å². The molecule has 0 radical (unpaired) electrons. The fourth-order valence-electron chi connectivity index (χ4n) is 4.43. The highest BCUT2D eigenvalue weighted by molar-refractivity contribution is 7.12. The maximum atomic E-state index is 13.5. The Kier molecular flexibility index (Phi) is 6.77. The van der Waals surface area contributed by atoms with E-state index in [0.717, 1.165) is 21.3 Å². The second kappa shape index (κ2) is 9.91. The number of carbonyl (C=O) groups excluding carboxylic acids is 1. The summed E-state index contributed by atoms with van der Waals surface area (Å²) < 4.78 is 1.68. The average molecular weight is 472 g/mol. The van der Waals surface area contributed by atoms with Crippen molar-refractivity contribution in [3.63, 3.8) is 0 Å². The van der Waals surface area contributed by atoms with Crippen LogP contribution in [0.25, 0.3) is 10.9 Å². The number of benzene rings is 2. The zero-order chi connectivity index (χ0) is 22.8. The van der Waals surface area contributed by atoms with Crippen LogP contribution in [0.2, 0.25) is 0 Å². The fourth-order valence-corrected chi connectivity index (χ4v) is 5.12. The van der Waals surface area contributed by atoms with Crippen molar-refractivity contribution >= 4 is 33.8 Å². The molecular weight excluding hydrogens is 446 g/mol. The van der Waals surface area contributed by atoms with Crippen LogP contribution >= 0.6 is 11.3 Å². The van der Waals surface area contributed by atoms with Gasteiger partial charge in [0.1, 0.15) is 11.6 Å². The molecule has 0 atom stereocenters. The minimum absolute atomic E-state index is 0. The molecule has 1 saturated heterocycles. The molecular formula is C26H25N5O2S. The molecule has 3 heterocycles. The second-order valence-electron chi connectivity index (χ2n) is 7.99. The van der Waals surface area contributed by atoms with Gasteiger partial charge < -0.3 is 20.5 Å². The van der Waals surface area contributed by atoms with E-state index < -0.39 is 0 Å². The van der Waals surface area contributed by atoms with Gasteiger partial charge in [0.05, 0.1) is 22.6 Å². The Morgan fingerprint density at radius 2 is 1.65 bits per heavy atom. The Bertz CT molecular complexity index is 1400. The number of anilines is 1. The number of nitrogens with zero attached hydrogens (tertiary/aromatic N) is 4. The van der Waals surface area contributed by atoms with E-state index in [2.05, 4.69) is 11.0 Å². The fraction of sp³-hybridized carbons (Fsp3) is 0.192. The molecule has 5 rings (SSSR count).